The van der Waals surface area contributed by atoms with Gasteiger partial charge >= 0.3 is 11.9 Å². The first-order chi connectivity index (χ1) is 10.4. The maximum atomic E-state index is 12.2. The highest BCUT2D eigenvalue weighted by Gasteiger charge is 2.36. The van der Waals surface area contributed by atoms with E-state index in [0.29, 0.717) is 0 Å². The van der Waals surface area contributed by atoms with Gasteiger partial charge in [0.05, 0.1) is 12.2 Å². The van der Waals surface area contributed by atoms with Crippen LogP contribution in [0.4, 0.5) is 0 Å². The van der Waals surface area contributed by atoms with Gasteiger partial charge in [-0.05, 0) is 69.2 Å². The Morgan fingerprint density at radius 1 is 0.708 bits per heavy atom. The molecule has 0 N–H and O–H groups in total. The summed E-state index contributed by atoms with van der Waals surface area (Å²) in [5.41, 5.74) is -3.00. The van der Waals surface area contributed by atoms with Crippen LogP contribution in [0.2, 0.25) is 0 Å². The number of rotatable bonds is 7. The lowest BCUT2D eigenvalue weighted by Crippen LogP contribution is -2.45. The standard InChI is InChI=1S/C18H34O6/c1-15(2,3)23-13(19)11-21-17(7,8)12-22-18(9,10)14(20)24-16(4,5)6/h11-12H2,1-10H3. The maximum Gasteiger partial charge on any atom is 0.338 e. The second-order valence-electron chi connectivity index (χ2n) is 8.94. The second kappa shape index (κ2) is 7.83. The minimum absolute atomic E-state index is 0.127. The second-order valence-corrected chi connectivity index (χ2v) is 8.94. The Kier molecular flexibility index (Phi) is 7.46. The van der Waals surface area contributed by atoms with E-state index in [1.54, 1.807) is 69.2 Å². The topological polar surface area (TPSA) is 71.1 Å². The lowest BCUT2D eigenvalue weighted by atomic mass is 10.1. The summed E-state index contributed by atoms with van der Waals surface area (Å²) in [5, 5.41) is 0. The van der Waals surface area contributed by atoms with Gasteiger partial charge < -0.3 is 18.9 Å². The van der Waals surface area contributed by atoms with Crippen LogP contribution in [-0.4, -0.2) is 47.6 Å². The third kappa shape index (κ3) is 10.6. The molecule has 0 fully saturated rings. The van der Waals surface area contributed by atoms with Gasteiger partial charge in [-0.3, -0.25) is 0 Å². The number of hydrogen-bond acceptors (Lipinski definition) is 6. The van der Waals surface area contributed by atoms with Crippen molar-refractivity contribution in [3.8, 4) is 0 Å². The van der Waals surface area contributed by atoms with Crippen molar-refractivity contribution in [1.29, 1.82) is 0 Å². The van der Waals surface area contributed by atoms with Crippen molar-refractivity contribution < 1.29 is 28.5 Å². The van der Waals surface area contributed by atoms with Crippen molar-refractivity contribution >= 4 is 11.9 Å². The highest BCUT2D eigenvalue weighted by Crippen LogP contribution is 2.21. The van der Waals surface area contributed by atoms with Gasteiger partial charge in [-0.2, -0.15) is 0 Å². The van der Waals surface area contributed by atoms with Gasteiger partial charge in [0.2, 0.25) is 0 Å². The zero-order valence-corrected chi connectivity index (χ0v) is 16.9. The van der Waals surface area contributed by atoms with E-state index < -0.39 is 34.3 Å². The summed E-state index contributed by atoms with van der Waals surface area (Å²) in [6.45, 7) is 17.6. The fraction of sp³-hybridized carbons (Fsp3) is 0.889. The summed E-state index contributed by atoms with van der Waals surface area (Å²) >= 11 is 0. The maximum absolute atomic E-state index is 12.2. The lowest BCUT2D eigenvalue weighted by Gasteiger charge is -2.32. The minimum Gasteiger partial charge on any atom is -0.458 e. The molecule has 0 spiro atoms. The molecule has 0 heterocycles. The van der Waals surface area contributed by atoms with E-state index in [-0.39, 0.29) is 13.2 Å². The van der Waals surface area contributed by atoms with Crippen LogP contribution in [0.3, 0.4) is 0 Å². The first kappa shape index (κ1) is 22.9. The Morgan fingerprint density at radius 3 is 1.58 bits per heavy atom. The van der Waals surface area contributed by atoms with E-state index in [0.717, 1.165) is 0 Å². The first-order valence-corrected chi connectivity index (χ1v) is 8.17. The van der Waals surface area contributed by atoms with E-state index in [2.05, 4.69) is 0 Å². The number of hydrogen-bond donors (Lipinski definition) is 0. The van der Waals surface area contributed by atoms with Crippen LogP contribution < -0.4 is 0 Å². The van der Waals surface area contributed by atoms with E-state index in [1.165, 1.54) is 0 Å². The van der Waals surface area contributed by atoms with Gasteiger partial charge in [0.25, 0.3) is 0 Å². The van der Waals surface area contributed by atoms with Crippen LogP contribution in [0.5, 0.6) is 0 Å². The van der Waals surface area contributed by atoms with Gasteiger partial charge in [0.15, 0.2) is 5.60 Å². The highest BCUT2D eigenvalue weighted by molar-refractivity contribution is 5.78. The molecule has 0 saturated carbocycles. The molecular weight excluding hydrogens is 312 g/mol. The molecule has 0 aromatic carbocycles. The van der Waals surface area contributed by atoms with Gasteiger partial charge in [0, 0.05) is 0 Å². The summed E-state index contributed by atoms with van der Waals surface area (Å²) in [7, 11) is 0. The molecule has 142 valence electrons. The van der Waals surface area contributed by atoms with Crippen LogP contribution in [0.25, 0.3) is 0 Å². The molecule has 6 nitrogen and oxygen atoms in total. The molecule has 0 amide bonds. The molecule has 24 heavy (non-hydrogen) atoms. The molecule has 0 aliphatic carbocycles. The molecule has 0 radical (unpaired) electrons. The van der Waals surface area contributed by atoms with Crippen LogP contribution >= 0.6 is 0 Å². The summed E-state index contributed by atoms with van der Waals surface area (Å²) in [5.74, 6) is -0.889. The van der Waals surface area contributed by atoms with Gasteiger partial charge in [-0.1, -0.05) is 0 Å². The molecule has 0 aromatic rings. The molecular formula is C18H34O6. The van der Waals surface area contributed by atoms with Crippen LogP contribution in [-0.2, 0) is 28.5 Å². The average Bonchev–Trinajstić information content (AvgIpc) is 2.30. The van der Waals surface area contributed by atoms with Crippen molar-refractivity contribution in [3.63, 3.8) is 0 Å². The van der Waals surface area contributed by atoms with Gasteiger partial charge in [-0.15, -0.1) is 0 Å². The predicted octanol–water partition coefficient (Wildman–Crippen LogP) is 3.26. The van der Waals surface area contributed by atoms with E-state index >= 15 is 0 Å². The Hall–Kier alpha value is -1.14. The lowest BCUT2D eigenvalue weighted by molar-refractivity contribution is -0.191. The molecule has 0 saturated heterocycles. The van der Waals surface area contributed by atoms with Crippen LogP contribution in [0.15, 0.2) is 0 Å². The first-order valence-electron chi connectivity index (χ1n) is 8.17. The van der Waals surface area contributed by atoms with Crippen molar-refractivity contribution in [2.45, 2.75) is 91.6 Å². The molecule has 0 aliphatic rings. The third-order valence-corrected chi connectivity index (χ3v) is 2.67. The molecule has 0 aliphatic heterocycles. The molecule has 0 aromatic heterocycles. The quantitative estimate of drug-likeness (QED) is 0.659. The van der Waals surface area contributed by atoms with E-state index in [1.807, 2.05) is 0 Å². The number of esters is 2. The Balaban J connectivity index is 4.50. The minimum atomic E-state index is -1.11. The Morgan fingerprint density at radius 2 is 1.17 bits per heavy atom. The summed E-state index contributed by atoms with van der Waals surface area (Å²) in [6.07, 6.45) is 0. The highest BCUT2D eigenvalue weighted by atomic mass is 16.6. The normalized spacial score (nSPS) is 13.6. The van der Waals surface area contributed by atoms with Crippen molar-refractivity contribution in [1.82, 2.24) is 0 Å². The van der Waals surface area contributed by atoms with Crippen molar-refractivity contribution in [2.24, 2.45) is 0 Å². The average molecular weight is 346 g/mol. The Bertz CT molecular complexity index is 437. The largest absolute Gasteiger partial charge is 0.458 e. The number of carbonyl (C=O) groups is 2. The van der Waals surface area contributed by atoms with Gasteiger partial charge in [-0.25, -0.2) is 9.59 Å². The van der Waals surface area contributed by atoms with Crippen LogP contribution in [0.1, 0.15) is 69.2 Å². The number of carbonyl (C=O) groups excluding carboxylic acids is 2. The Labute approximate surface area is 146 Å². The smallest absolute Gasteiger partial charge is 0.338 e. The van der Waals surface area contributed by atoms with Crippen molar-refractivity contribution in [2.75, 3.05) is 13.2 Å². The summed E-state index contributed by atoms with van der Waals surface area (Å²) < 4.78 is 21.8. The monoisotopic (exact) mass is 346 g/mol. The third-order valence-electron chi connectivity index (χ3n) is 2.67. The SMILES string of the molecule is CC(C)(C)OC(=O)COC(C)(C)COC(C)(C)C(=O)OC(C)(C)C. The zero-order valence-electron chi connectivity index (χ0n) is 16.9. The summed E-state index contributed by atoms with van der Waals surface area (Å²) in [4.78, 5) is 23.9. The van der Waals surface area contributed by atoms with Crippen molar-refractivity contribution in [3.05, 3.63) is 0 Å². The fourth-order valence-electron chi connectivity index (χ4n) is 1.48. The predicted molar refractivity (Wildman–Crippen MR) is 91.8 cm³/mol. The molecule has 6 heteroatoms. The van der Waals surface area contributed by atoms with E-state index in [4.69, 9.17) is 18.9 Å². The van der Waals surface area contributed by atoms with Crippen LogP contribution in [0, 0.1) is 0 Å². The molecule has 0 atom stereocenters. The number of ether oxygens (including phenoxy) is 4. The zero-order chi connectivity index (χ0) is 19.4. The molecule has 0 bridgehead atoms. The fourth-order valence-corrected chi connectivity index (χ4v) is 1.48. The molecule has 0 unspecified atom stereocenters. The van der Waals surface area contributed by atoms with E-state index in [9.17, 15) is 9.59 Å². The van der Waals surface area contributed by atoms with Gasteiger partial charge in [0.1, 0.15) is 17.8 Å². The summed E-state index contributed by atoms with van der Waals surface area (Å²) in [6, 6.07) is 0. The molecule has 0 rings (SSSR count).